The zero-order chi connectivity index (χ0) is 14.8. The third-order valence-electron chi connectivity index (χ3n) is 4.89. The summed E-state index contributed by atoms with van der Waals surface area (Å²) in [6.45, 7) is 3.25. The number of benzene rings is 1. The van der Waals surface area contributed by atoms with Gasteiger partial charge >= 0.3 is 0 Å². The highest BCUT2D eigenvalue weighted by Crippen LogP contribution is 2.32. The molecule has 2 aromatic rings. The first-order valence-electron chi connectivity index (χ1n) is 7.92. The molecular formula is C17H22ClFN2. The smallest absolute Gasteiger partial charge is 0.125 e. The van der Waals surface area contributed by atoms with Crippen LogP contribution >= 0.6 is 11.6 Å². The predicted octanol–water partition coefficient (Wildman–Crippen LogP) is 5.13. The third-order valence-corrected chi connectivity index (χ3v) is 5.13. The van der Waals surface area contributed by atoms with Crippen molar-refractivity contribution in [2.24, 2.45) is 11.8 Å². The Hall–Kier alpha value is -1.09. The Balaban J connectivity index is 1.83. The van der Waals surface area contributed by atoms with E-state index in [1.165, 1.54) is 44.2 Å². The number of hydrogen-bond acceptors (Lipinski definition) is 1. The van der Waals surface area contributed by atoms with Crippen LogP contribution in [0.25, 0.3) is 11.0 Å². The Morgan fingerprint density at radius 1 is 1.24 bits per heavy atom. The number of rotatable bonds is 4. The number of alkyl halides is 1. The summed E-state index contributed by atoms with van der Waals surface area (Å²) in [5, 5.41) is 0. The minimum Gasteiger partial charge on any atom is -0.327 e. The molecule has 4 heteroatoms. The average Bonchev–Trinajstić information content (AvgIpc) is 2.85. The van der Waals surface area contributed by atoms with E-state index < -0.39 is 0 Å². The summed E-state index contributed by atoms with van der Waals surface area (Å²) < 4.78 is 15.5. The van der Waals surface area contributed by atoms with Gasteiger partial charge in [-0.15, -0.1) is 11.6 Å². The standard InChI is InChI=1S/C17H22ClFN2/c1-2-12-3-5-13(6-4-12)11-21-16-8-7-14(19)9-15(16)20-17(21)10-18/h7-9,12-13H,2-6,10-11H2,1H3. The number of halogens is 2. The molecule has 0 spiro atoms. The molecule has 1 fully saturated rings. The normalized spacial score (nSPS) is 22.8. The van der Waals surface area contributed by atoms with Crippen molar-refractivity contribution in [2.75, 3.05) is 0 Å². The number of imidazole rings is 1. The van der Waals surface area contributed by atoms with Crippen LogP contribution in [0, 0.1) is 17.7 Å². The lowest BCUT2D eigenvalue weighted by Gasteiger charge is -2.28. The van der Waals surface area contributed by atoms with Crippen molar-refractivity contribution in [3.05, 3.63) is 29.8 Å². The van der Waals surface area contributed by atoms with E-state index in [1.807, 2.05) is 6.07 Å². The molecule has 21 heavy (non-hydrogen) atoms. The van der Waals surface area contributed by atoms with Crippen LogP contribution in [0.4, 0.5) is 4.39 Å². The largest absolute Gasteiger partial charge is 0.327 e. The van der Waals surface area contributed by atoms with Crippen molar-refractivity contribution >= 4 is 22.6 Å². The van der Waals surface area contributed by atoms with E-state index in [0.29, 0.717) is 17.3 Å². The highest BCUT2D eigenvalue weighted by Gasteiger charge is 2.22. The van der Waals surface area contributed by atoms with E-state index in [4.69, 9.17) is 11.6 Å². The van der Waals surface area contributed by atoms with Gasteiger partial charge in [0.1, 0.15) is 11.6 Å². The van der Waals surface area contributed by atoms with Crippen LogP contribution in [0.3, 0.4) is 0 Å². The summed E-state index contributed by atoms with van der Waals surface area (Å²) in [6.07, 6.45) is 6.52. The van der Waals surface area contributed by atoms with Gasteiger partial charge in [0.25, 0.3) is 0 Å². The van der Waals surface area contributed by atoms with E-state index in [0.717, 1.165) is 23.8 Å². The maximum Gasteiger partial charge on any atom is 0.125 e. The van der Waals surface area contributed by atoms with Crippen LogP contribution in [0.1, 0.15) is 44.9 Å². The zero-order valence-corrected chi connectivity index (χ0v) is 13.2. The van der Waals surface area contributed by atoms with Gasteiger partial charge in [0.2, 0.25) is 0 Å². The van der Waals surface area contributed by atoms with Crippen molar-refractivity contribution in [1.82, 2.24) is 9.55 Å². The van der Waals surface area contributed by atoms with Crippen LogP contribution in [0.2, 0.25) is 0 Å². The molecule has 1 aromatic carbocycles. The molecule has 0 aliphatic heterocycles. The van der Waals surface area contributed by atoms with E-state index in [1.54, 1.807) is 0 Å². The molecule has 3 rings (SSSR count). The first-order valence-corrected chi connectivity index (χ1v) is 8.45. The summed E-state index contributed by atoms with van der Waals surface area (Å²) >= 11 is 6.03. The van der Waals surface area contributed by atoms with Gasteiger partial charge in [-0.25, -0.2) is 9.37 Å². The lowest BCUT2D eigenvalue weighted by molar-refractivity contribution is 0.248. The monoisotopic (exact) mass is 308 g/mol. The molecule has 0 N–H and O–H groups in total. The van der Waals surface area contributed by atoms with E-state index in [-0.39, 0.29) is 5.82 Å². The van der Waals surface area contributed by atoms with Gasteiger partial charge in [0, 0.05) is 12.6 Å². The molecule has 114 valence electrons. The molecule has 1 aromatic heterocycles. The topological polar surface area (TPSA) is 17.8 Å². The second-order valence-corrected chi connectivity index (χ2v) is 6.47. The Morgan fingerprint density at radius 2 is 1.95 bits per heavy atom. The summed E-state index contributed by atoms with van der Waals surface area (Å²) in [5.74, 6) is 2.59. The fourth-order valence-electron chi connectivity index (χ4n) is 3.54. The van der Waals surface area contributed by atoms with Gasteiger partial charge in [0.15, 0.2) is 0 Å². The number of aromatic nitrogens is 2. The quantitative estimate of drug-likeness (QED) is 0.716. The first kappa shape index (κ1) is 14.8. The Kier molecular flexibility index (Phi) is 4.48. The maximum absolute atomic E-state index is 13.3. The predicted molar refractivity (Wildman–Crippen MR) is 85.0 cm³/mol. The van der Waals surface area contributed by atoms with Crippen molar-refractivity contribution < 1.29 is 4.39 Å². The molecule has 2 nitrogen and oxygen atoms in total. The summed E-state index contributed by atoms with van der Waals surface area (Å²) in [4.78, 5) is 4.48. The minimum absolute atomic E-state index is 0.239. The number of nitrogens with zero attached hydrogens (tertiary/aromatic N) is 2. The van der Waals surface area contributed by atoms with Gasteiger partial charge in [0.05, 0.1) is 16.9 Å². The van der Waals surface area contributed by atoms with Crippen molar-refractivity contribution in [1.29, 1.82) is 0 Å². The highest BCUT2D eigenvalue weighted by atomic mass is 35.5. The summed E-state index contributed by atoms with van der Waals surface area (Å²) in [6, 6.07) is 4.83. The first-order chi connectivity index (χ1) is 10.2. The van der Waals surface area contributed by atoms with Crippen molar-refractivity contribution in [2.45, 2.75) is 51.5 Å². The minimum atomic E-state index is -0.239. The third kappa shape index (κ3) is 3.08. The zero-order valence-electron chi connectivity index (χ0n) is 12.5. The molecule has 1 saturated carbocycles. The lowest BCUT2D eigenvalue weighted by atomic mass is 9.81. The molecule has 1 aliphatic rings. The van der Waals surface area contributed by atoms with Crippen LogP contribution in [-0.2, 0) is 12.4 Å². The molecule has 0 amide bonds. The Morgan fingerprint density at radius 3 is 2.62 bits per heavy atom. The molecule has 0 atom stereocenters. The van der Waals surface area contributed by atoms with Crippen LogP contribution in [0.5, 0.6) is 0 Å². The van der Waals surface area contributed by atoms with Gasteiger partial charge in [-0.1, -0.05) is 26.2 Å². The van der Waals surface area contributed by atoms with E-state index >= 15 is 0 Å². The molecule has 0 unspecified atom stereocenters. The maximum atomic E-state index is 13.3. The van der Waals surface area contributed by atoms with Crippen molar-refractivity contribution in [3.63, 3.8) is 0 Å². The highest BCUT2D eigenvalue weighted by molar-refractivity contribution is 6.16. The molecule has 1 aliphatic carbocycles. The fraction of sp³-hybridized carbons (Fsp3) is 0.588. The van der Waals surface area contributed by atoms with Crippen molar-refractivity contribution in [3.8, 4) is 0 Å². The molecule has 0 bridgehead atoms. The van der Waals surface area contributed by atoms with Gasteiger partial charge < -0.3 is 4.57 Å². The lowest BCUT2D eigenvalue weighted by Crippen LogP contribution is -2.19. The van der Waals surface area contributed by atoms with Crippen LogP contribution in [-0.4, -0.2) is 9.55 Å². The fourth-order valence-corrected chi connectivity index (χ4v) is 3.74. The van der Waals surface area contributed by atoms with Gasteiger partial charge in [-0.2, -0.15) is 0 Å². The van der Waals surface area contributed by atoms with Gasteiger partial charge in [-0.3, -0.25) is 0 Å². The average molecular weight is 309 g/mol. The van der Waals surface area contributed by atoms with E-state index in [2.05, 4.69) is 16.5 Å². The Bertz CT molecular complexity index is 615. The summed E-state index contributed by atoms with van der Waals surface area (Å²) in [5.41, 5.74) is 1.72. The second kappa shape index (κ2) is 6.35. The van der Waals surface area contributed by atoms with Crippen LogP contribution < -0.4 is 0 Å². The molecule has 0 radical (unpaired) electrons. The Labute approximate surface area is 130 Å². The van der Waals surface area contributed by atoms with Crippen LogP contribution in [0.15, 0.2) is 18.2 Å². The second-order valence-electron chi connectivity index (χ2n) is 6.20. The molecular weight excluding hydrogens is 287 g/mol. The molecule has 0 saturated heterocycles. The SMILES string of the molecule is CCC1CCC(Cn2c(CCl)nc3cc(F)ccc32)CC1. The number of fused-ring (bicyclic) bond motifs is 1. The molecule has 1 heterocycles. The van der Waals surface area contributed by atoms with Gasteiger partial charge in [-0.05, 0) is 36.8 Å². The van der Waals surface area contributed by atoms with E-state index in [9.17, 15) is 4.39 Å². The number of hydrogen-bond donors (Lipinski definition) is 0. The summed E-state index contributed by atoms with van der Waals surface area (Å²) in [7, 11) is 0.